The molecule has 1 N–H and O–H groups in total. The topological polar surface area (TPSA) is 21.3 Å². The standard InChI is InChI=1S/C13H20FNO/c1-5-15-10(4)11-8-12(14)9(3)7-13(11)16-6-2/h7-8,10,15H,5-6H2,1-4H3. The minimum atomic E-state index is -0.178. The van der Waals surface area contributed by atoms with Crippen molar-refractivity contribution in [2.75, 3.05) is 13.2 Å². The summed E-state index contributed by atoms with van der Waals surface area (Å²) >= 11 is 0. The van der Waals surface area contributed by atoms with Crippen LogP contribution in [0.4, 0.5) is 4.39 Å². The molecule has 0 aliphatic heterocycles. The van der Waals surface area contributed by atoms with Crippen LogP contribution in [0.3, 0.4) is 0 Å². The highest BCUT2D eigenvalue weighted by Gasteiger charge is 2.13. The first kappa shape index (κ1) is 13.0. The average molecular weight is 225 g/mol. The first-order chi connectivity index (χ1) is 7.60. The number of nitrogens with one attached hydrogen (secondary N) is 1. The zero-order chi connectivity index (χ0) is 12.1. The molecule has 0 radical (unpaired) electrons. The molecule has 1 rings (SSSR count). The van der Waals surface area contributed by atoms with Gasteiger partial charge in [-0.05, 0) is 45.0 Å². The van der Waals surface area contributed by atoms with E-state index in [-0.39, 0.29) is 11.9 Å². The molecule has 0 fully saturated rings. The van der Waals surface area contributed by atoms with E-state index in [1.165, 1.54) is 0 Å². The van der Waals surface area contributed by atoms with Crippen LogP contribution in [0, 0.1) is 12.7 Å². The molecular weight excluding hydrogens is 205 g/mol. The molecule has 0 aliphatic carbocycles. The fourth-order valence-corrected chi connectivity index (χ4v) is 1.71. The second kappa shape index (κ2) is 5.85. The monoisotopic (exact) mass is 225 g/mol. The Labute approximate surface area is 96.8 Å². The summed E-state index contributed by atoms with van der Waals surface area (Å²) in [5.41, 5.74) is 1.50. The molecule has 1 aromatic rings. The molecular formula is C13H20FNO. The van der Waals surface area contributed by atoms with Crippen molar-refractivity contribution in [2.24, 2.45) is 0 Å². The van der Waals surface area contributed by atoms with Gasteiger partial charge in [0, 0.05) is 11.6 Å². The van der Waals surface area contributed by atoms with Gasteiger partial charge in [-0.3, -0.25) is 0 Å². The van der Waals surface area contributed by atoms with E-state index in [1.54, 1.807) is 19.1 Å². The predicted octanol–water partition coefficient (Wildman–Crippen LogP) is 3.20. The van der Waals surface area contributed by atoms with Crippen LogP contribution in [-0.4, -0.2) is 13.2 Å². The molecule has 1 unspecified atom stereocenters. The van der Waals surface area contributed by atoms with E-state index in [1.807, 2.05) is 20.8 Å². The lowest BCUT2D eigenvalue weighted by molar-refractivity contribution is 0.331. The molecule has 0 aliphatic rings. The van der Waals surface area contributed by atoms with Crippen LogP contribution in [-0.2, 0) is 0 Å². The van der Waals surface area contributed by atoms with Crippen molar-refractivity contribution in [1.29, 1.82) is 0 Å². The van der Waals surface area contributed by atoms with Gasteiger partial charge in [-0.1, -0.05) is 6.92 Å². The molecule has 0 saturated heterocycles. The quantitative estimate of drug-likeness (QED) is 0.830. The molecule has 90 valence electrons. The van der Waals surface area contributed by atoms with E-state index in [2.05, 4.69) is 5.32 Å². The molecule has 0 saturated carbocycles. The summed E-state index contributed by atoms with van der Waals surface area (Å²) in [5, 5.41) is 3.26. The second-order valence-electron chi connectivity index (χ2n) is 3.85. The van der Waals surface area contributed by atoms with Crippen LogP contribution in [0.1, 0.15) is 37.9 Å². The van der Waals surface area contributed by atoms with Crippen molar-refractivity contribution in [2.45, 2.75) is 33.7 Å². The normalized spacial score (nSPS) is 12.6. The molecule has 3 heteroatoms. The Balaban J connectivity index is 3.08. The highest BCUT2D eigenvalue weighted by atomic mass is 19.1. The van der Waals surface area contributed by atoms with Gasteiger partial charge in [0.05, 0.1) is 6.61 Å². The molecule has 2 nitrogen and oxygen atoms in total. The summed E-state index contributed by atoms with van der Waals surface area (Å²) in [5.74, 6) is 0.595. The Bertz CT molecular complexity index is 352. The lowest BCUT2D eigenvalue weighted by Gasteiger charge is -2.18. The van der Waals surface area contributed by atoms with Crippen molar-refractivity contribution < 1.29 is 9.13 Å². The number of hydrogen-bond acceptors (Lipinski definition) is 2. The molecule has 0 bridgehead atoms. The number of benzene rings is 1. The summed E-state index contributed by atoms with van der Waals surface area (Å²) in [4.78, 5) is 0. The van der Waals surface area contributed by atoms with Gasteiger partial charge in [0.15, 0.2) is 0 Å². The molecule has 0 aromatic heterocycles. The zero-order valence-electron chi connectivity index (χ0n) is 10.4. The highest BCUT2D eigenvalue weighted by Crippen LogP contribution is 2.28. The maximum Gasteiger partial charge on any atom is 0.126 e. The number of hydrogen-bond donors (Lipinski definition) is 1. The van der Waals surface area contributed by atoms with Crippen LogP contribution in [0.2, 0.25) is 0 Å². The van der Waals surface area contributed by atoms with Crippen LogP contribution < -0.4 is 10.1 Å². The third-order valence-electron chi connectivity index (χ3n) is 2.57. The van der Waals surface area contributed by atoms with Gasteiger partial charge in [-0.15, -0.1) is 0 Å². The number of rotatable bonds is 5. The fourth-order valence-electron chi connectivity index (χ4n) is 1.71. The van der Waals surface area contributed by atoms with E-state index in [9.17, 15) is 4.39 Å². The van der Waals surface area contributed by atoms with E-state index >= 15 is 0 Å². The van der Waals surface area contributed by atoms with Gasteiger partial charge in [0.2, 0.25) is 0 Å². The smallest absolute Gasteiger partial charge is 0.126 e. The van der Waals surface area contributed by atoms with E-state index in [0.29, 0.717) is 12.2 Å². The summed E-state index contributed by atoms with van der Waals surface area (Å²) in [7, 11) is 0. The zero-order valence-corrected chi connectivity index (χ0v) is 10.4. The number of halogens is 1. The predicted molar refractivity (Wildman–Crippen MR) is 64.4 cm³/mol. The van der Waals surface area contributed by atoms with Gasteiger partial charge in [-0.2, -0.15) is 0 Å². The van der Waals surface area contributed by atoms with Crippen LogP contribution in [0.25, 0.3) is 0 Å². The maximum atomic E-state index is 13.5. The molecule has 0 heterocycles. The SMILES string of the molecule is CCNC(C)c1cc(F)c(C)cc1OCC. The summed E-state index contributed by atoms with van der Waals surface area (Å²) in [6, 6.07) is 3.43. The maximum absolute atomic E-state index is 13.5. The van der Waals surface area contributed by atoms with E-state index in [4.69, 9.17) is 4.74 Å². The largest absolute Gasteiger partial charge is 0.494 e. The second-order valence-corrected chi connectivity index (χ2v) is 3.85. The van der Waals surface area contributed by atoms with Crippen molar-refractivity contribution in [3.05, 3.63) is 29.1 Å². The summed E-state index contributed by atoms with van der Waals surface area (Å²) in [6.45, 7) is 9.16. The van der Waals surface area contributed by atoms with Crippen LogP contribution >= 0.6 is 0 Å². The van der Waals surface area contributed by atoms with Crippen LogP contribution in [0.5, 0.6) is 5.75 Å². The van der Waals surface area contributed by atoms with E-state index < -0.39 is 0 Å². The van der Waals surface area contributed by atoms with Gasteiger partial charge < -0.3 is 10.1 Å². The van der Waals surface area contributed by atoms with Crippen molar-refractivity contribution in [3.8, 4) is 5.75 Å². The highest BCUT2D eigenvalue weighted by molar-refractivity contribution is 5.40. The van der Waals surface area contributed by atoms with E-state index in [0.717, 1.165) is 17.9 Å². The minimum absolute atomic E-state index is 0.0987. The number of aryl methyl sites for hydroxylation is 1. The van der Waals surface area contributed by atoms with Gasteiger partial charge in [0.25, 0.3) is 0 Å². The molecule has 1 atom stereocenters. The molecule has 1 aromatic carbocycles. The van der Waals surface area contributed by atoms with Gasteiger partial charge in [0.1, 0.15) is 11.6 Å². The Morgan fingerprint density at radius 1 is 1.38 bits per heavy atom. The lowest BCUT2D eigenvalue weighted by atomic mass is 10.0. The molecule has 16 heavy (non-hydrogen) atoms. The Morgan fingerprint density at radius 2 is 2.06 bits per heavy atom. The summed E-state index contributed by atoms with van der Waals surface area (Å²) < 4.78 is 19.1. The Hall–Kier alpha value is -1.09. The first-order valence-electron chi connectivity index (χ1n) is 5.76. The minimum Gasteiger partial charge on any atom is -0.494 e. The molecule has 0 amide bonds. The Morgan fingerprint density at radius 3 is 2.62 bits per heavy atom. The Kier molecular flexibility index (Phi) is 4.74. The average Bonchev–Trinajstić information content (AvgIpc) is 2.23. The fraction of sp³-hybridized carbons (Fsp3) is 0.538. The van der Waals surface area contributed by atoms with Crippen molar-refractivity contribution in [3.63, 3.8) is 0 Å². The summed E-state index contributed by atoms with van der Waals surface area (Å²) in [6.07, 6.45) is 0. The van der Waals surface area contributed by atoms with Crippen molar-refractivity contribution in [1.82, 2.24) is 5.32 Å². The van der Waals surface area contributed by atoms with Gasteiger partial charge >= 0.3 is 0 Å². The third kappa shape index (κ3) is 2.95. The van der Waals surface area contributed by atoms with Crippen molar-refractivity contribution >= 4 is 0 Å². The number of ether oxygens (including phenoxy) is 1. The first-order valence-corrected chi connectivity index (χ1v) is 5.76. The van der Waals surface area contributed by atoms with Gasteiger partial charge in [-0.25, -0.2) is 4.39 Å². The van der Waals surface area contributed by atoms with Crippen LogP contribution in [0.15, 0.2) is 12.1 Å². The third-order valence-corrected chi connectivity index (χ3v) is 2.57. The molecule has 0 spiro atoms. The lowest BCUT2D eigenvalue weighted by Crippen LogP contribution is -2.19.